The molecule has 0 aliphatic heterocycles. The highest BCUT2D eigenvalue weighted by atomic mass is 16.2. The highest BCUT2D eigenvalue weighted by Gasteiger charge is 2.58. The average Bonchev–Trinajstić information content (AvgIpc) is 2.99. The van der Waals surface area contributed by atoms with Gasteiger partial charge < -0.3 is 10.2 Å². The van der Waals surface area contributed by atoms with E-state index in [1.165, 1.54) is 0 Å². The summed E-state index contributed by atoms with van der Waals surface area (Å²) < 4.78 is 2.02. The number of aromatic nitrogens is 2. The van der Waals surface area contributed by atoms with E-state index in [1.807, 2.05) is 18.5 Å². The van der Waals surface area contributed by atoms with Crippen molar-refractivity contribution in [3.8, 4) is 0 Å². The average molecular weight is 377 g/mol. The summed E-state index contributed by atoms with van der Waals surface area (Å²) in [5, 5.41) is 7.74. The van der Waals surface area contributed by atoms with Gasteiger partial charge in [-0.3, -0.25) is 14.3 Å². The SMILES string of the molecule is CCCn1nc(C)c(CNC(=O)[C@@]2(C)CC[C@@H](C(=O)N(C)C)C2(C)C)c1C. The summed E-state index contributed by atoms with van der Waals surface area (Å²) in [6.07, 6.45) is 2.50. The van der Waals surface area contributed by atoms with Crippen molar-refractivity contribution in [2.45, 2.75) is 73.9 Å². The van der Waals surface area contributed by atoms with Gasteiger partial charge in [0.25, 0.3) is 0 Å². The van der Waals surface area contributed by atoms with Gasteiger partial charge in [0.2, 0.25) is 11.8 Å². The highest BCUT2D eigenvalue weighted by molar-refractivity contribution is 5.87. The second-order valence-electron chi connectivity index (χ2n) is 8.93. The molecule has 27 heavy (non-hydrogen) atoms. The Bertz CT molecular complexity index is 720. The summed E-state index contributed by atoms with van der Waals surface area (Å²) in [6.45, 7) is 13.7. The molecule has 6 heteroatoms. The third kappa shape index (κ3) is 3.63. The maximum atomic E-state index is 13.2. The van der Waals surface area contributed by atoms with Crippen molar-refractivity contribution in [2.24, 2.45) is 16.7 Å². The first-order valence-corrected chi connectivity index (χ1v) is 9.99. The number of carbonyl (C=O) groups excluding carboxylic acids is 2. The first-order chi connectivity index (χ1) is 12.5. The number of hydrogen-bond donors (Lipinski definition) is 1. The van der Waals surface area contributed by atoms with Gasteiger partial charge in [0.15, 0.2) is 0 Å². The fraction of sp³-hybridized carbons (Fsp3) is 0.762. The molecule has 0 saturated heterocycles. The summed E-state index contributed by atoms with van der Waals surface area (Å²) in [5.74, 6) is 0.0201. The quantitative estimate of drug-likeness (QED) is 0.830. The van der Waals surface area contributed by atoms with Crippen LogP contribution in [0.5, 0.6) is 0 Å². The molecule has 0 bridgehead atoms. The molecule has 1 aliphatic carbocycles. The summed E-state index contributed by atoms with van der Waals surface area (Å²) >= 11 is 0. The maximum absolute atomic E-state index is 13.2. The van der Waals surface area contributed by atoms with Crippen molar-refractivity contribution in [1.29, 1.82) is 0 Å². The van der Waals surface area contributed by atoms with Gasteiger partial charge >= 0.3 is 0 Å². The lowest BCUT2D eigenvalue weighted by molar-refractivity contribution is -0.142. The van der Waals surface area contributed by atoms with Gasteiger partial charge in [-0.05, 0) is 38.5 Å². The molecule has 1 aromatic rings. The molecular weight excluding hydrogens is 340 g/mol. The predicted molar refractivity (Wildman–Crippen MR) is 107 cm³/mol. The molecule has 0 unspecified atom stereocenters. The zero-order valence-corrected chi connectivity index (χ0v) is 18.3. The fourth-order valence-corrected chi connectivity index (χ4v) is 4.43. The van der Waals surface area contributed by atoms with Crippen molar-refractivity contribution in [3.63, 3.8) is 0 Å². The monoisotopic (exact) mass is 376 g/mol. The largest absolute Gasteiger partial charge is 0.351 e. The van der Waals surface area contributed by atoms with E-state index < -0.39 is 10.8 Å². The van der Waals surface area contributed by atoms with Crippen molar-refractivity contribution in [3.05, 3.63) is 17.0 Å². The van der Waals surface area contributed by atoms with E-state index in [4.69, 9.17) is 0 Å². The second-order valence-corrected chi connectivity index (χ2v) is 8.93. The Morgan fingerprint density at radius 3 is 2.44 bits per heavy atom. The number of carbonyl (C=O) groups is 2. The van der Waals surface area contributed by atoms with Gasteiger partial charge in [0.1, 0.15) is 0 Å². The number of rotatable bonds is 6. The smallest absolute Gasteiger partial charge is 0.226 e. The molecule has 1 heterocycles. The van der Waals surface area contributed by atoms with Crippen LogP contribution in [0, 0.1) is 30.6 Å². The number of aryl methyl sites for hydroxylation is 2. The Kier molecular flexibility index (Phi) is 6.07. The molecule has 1 fully saturated rings. The van der Waals surface area contributed by atoms with Gasteiger partial charge in [-0.25, -0.2) is 0 Å². The molecule has 1 aromatic heterocycles. The molecule has 6 nitrogen and oxygen atoms in total. The lowest BCUT2D eigenvalue weighted by Gasteiger charge is -2.40. The van der Waals surface area contributed by atoms with E-state index in [9.17, 15) is 9.59 Å². The van der Waals surface area contributed by atoms with Crippen molar-refractivity contribution < 1.29 is 9.59 Å². The number of nitrogens with zero attached hydrogens (tertiary/aromatic N) is 3. The normalized spacial score (nSPS) is 24.1. The van der Waals surface area contributed by atoms with Gasteiger partial charge in [0.05, 0.1) is 11.1 Å². The van der Waals surface area contributed by atoms with Gasteiger partial charge in [0, 0.05) is 44.4 Å². The molecule has 1 aliphatic rings. The number of hydrogen-bond acceptors (Lipinski definition) is 3. The van der Waals surface area contributed by atoms with Crippen molar-refractivity contribution in [2.75, 3.05) is 14.1 Å². The fourth-order valence-electron chi connectivity index (χ4n) is 4.43. The Morgan fingerprint density at radius 2 is 1.89 bits per heavy atom. The van der Waals surface area contributed by atoms with E-state index in [0.717, 1.165) is 42.8 Å². The molecular formula is C21H36N4O2. The van der Waals surface area contributed by atoms with Crippen LogP contribution >= 0.6 is 0 Å². The second kappa shape index (κ2) is 7.64. The molecule has 0 aromatic carbocycles. The first-order valence-electron chi connectivity index (χ1n) is 9.99. The third-order valence-electron chi connectivity index (χ3n) is 6.86. The van der Waals surface area contributed by atoms with Gasteiger partial charge in [-0.15, -0.1) is 0 Å². The van der Waals surface area contributed by atoms with E-state index in [2.05, 4.69) is 38.1 Å². The molecule has 1 N–H and O–H groups in total. The van der Waals surface area contributed by atoms with Gasteiger partial charge in [-0.1, -0.05) is 27.7 Å². The minimum atomic E-state index is -0.565. The van der Waals surface area contributed by atoms with E-state index in [1.54, 1.807) is 19.0 Å². The Balaban J connectivity index is 2.15. The van der Waals surface area contributed by atoms with Crippen LogP contribution in [0.3, 0.4) is 0 Å². The van der Waals surface area contributed by atoms with Crippen LogP contribution in [-0.4, -0.2) is 40.6 Å². The molecule has 0 radical (unpaired) electrons. The van der Waals surface area contributed by atoms with E-state index in [0.29, 0.717) is 6.54 Å². The van der Waals surface area contributed by atoms with Crippen LogP contribution in [0.25, 0.3) is 0 Å². The van der Waals surface area contributed by atoms with Crippen molar-refractivity contribution >= 4 is 11.8 Å². The molecule has 0 spiro atoms. The Hall–Kier alpha value is -1.85. The first kappa shape index (κ1) is 21.5. The van der Waals surface area contributed by atoms with Crippen LogP contribution in [0.2, 0.25) is 0 Å². The Labute approximate surface area is 163 Å². The topological polar surface area (TPSA) is 67.2 Å². The predicted octanol–water partition coefficient (Wildman–Crippen LogP) is 3.06. The summed E-state index contributed by atoms with van der Waals surface area (Å²) in [7, 11) is 3.57. The summed E-state index contributed by atoms with van der Waals surface area (Å²) in [6, 6.07) is 0. The molecule has 2 amide bonds. The standard InChI is InChI=1S/C21H36N4O2/c1-9-12-25-15(3)16(14(2)23-25)13-22-19(27)21(6)11-10-17(20(21,4)5)18(26)24(7)8/h17H,9-13H2,1-8H3,(H,22,27)/t17-,21+/m0/s1. The van der Waals surface area contributed by atoms with Crippen molar-refractivity contribution in [1.82, 2.24) is 20.0 Å². The molecule has 152 valence electrons. The van der Waals surface area contributed by atoms with E-state index in [-0.39, 0.29) is 17.7 Å². The zero-order valence-electron chi connectivity index (χ0n) is 18.3. The minimum Gasteiger partial charge on any atom is -0.351 e. The third-order valence-corrected chi connectivity index (χ3v) is 6.86. The summed E-state index contributed by atoms with van der Waals surface area (Å²) in [5.41, 5.74) is 2.22. The molecule has 1 saturated carbocycles. The zero-order chi connectivity index (χ0) is 20.6. The molecule has 2 atom stereocenters. The maximum Gasteiger partial charge on any atom is 0.226 e. The van der Waals surface area contributed by atoms with Crippen LogP contribution < -0.4 is 5.32 Å². The lowest BCUT2D eigenvalue weighted by atomic mass is 9.65. The van der Waals surface area contributed by atoms with Gasteiger partial charge in [-0.2, -0.15) is 5.10 Å². The number of amides is 2. The molecule has 2 rings (SSSR count). The van der Waals surface area contributed by atoms with Crippen LogP contribution in [0.4, 0.5) is 0 Å². The lowest BCUT2D eigenvalue weighted by Crippen LogP contribution is -2.49. The van der Waals surface area contributed by atoms with Crippen LogP contribution in [0.1, 0.15) is 63.9 Å². The van der Waals surface area contributed by atoms with Crippen LogP contribution in [0.15, 0.2) is 0 Å². The van der Waals surface area contributed by atoms with Crippen LogP contribution in [-0.2, 0) is 22.7 Å². The number of nitrogens with one attached hydrogen (secondary N) is 1. The highest BCUT2D eigenvalue weighted by Crippen LogP contribution is 2.56. The Morgan fingerprint density at radius 1 is 1.26 bits per heavy atom. The van der Waals surface area contributed by atoms with E-state index >= 15 is 0 Å². The minimum absolute atomic E-state index is 0.0311. The summed E-state index contributed by atoms with van der Waals surface area (Å²) in [4.78, 5) is 27.4.